The van der Waals surface area contributed by atoms with Crippen molar-refractivity contribution in [2.45, 2.75) is 123 Å². The lowest BCUT2D eigenvalue weighted by Gasteiger charge is -2.08. The fourth-order valence-electron chi connectivity index (χ4n) is 3.87. The molecule has 30 heavy (non-hydrogen) atoms. The summed E-state index contributed by atoms with van der Waals surface area (Å²) < 4.78 is 0. The first-order valence-corrected chi connectivity index (χ1v) is 12.9. The molecule has 2 amide bonds. The Balaban J connectivity index is 1.80. The Labute approximate surface area is 186 Å². The molecule has 1 aromatic carbocycles. The molecule has 0 aliphatic heterocycles. The Morgan fingerprint density at radius 3 is 1.50 bits per heavy atom. The van der Waals surface area contributed by atoms with Gasteiger partial charge in [0.1, 0.15) is 0 Å². The van der Waals surface area contributed by atoms with Crippen LogP contribution in [0.15, 0.2) is 24.3 Å². The second kappa shape index (κ2) is 19.5. The molecule has 0 atom stereocenters. The van der Waals surface area contributed by atoms with Gasteiger partial charge in [0, 0.05) is 12.2 Å². The minimum absolute atomic E-state index is 0.0970. The molecule has 3 nitrogen and oxygen atoms in total. The van der Waals surface area contributed by atoms with E-state index in [1.165, 1.54) is 102 Å². The number of unbranched alkanes of at least 4 members (excludes halogenated alkanes) is 15. The topological polar surface area (TPSA) is 41.1 Å². The van der Waals surface area contributed by atoms with E-state index in [0.717, 1.165) is 25.1 Å². The maximum absolute atomic E-state index is 11.9. The molecule has 3 heteroatoms. The Morgan fingerprint density at radius 1 is 0.633 bits per heavy atom. The van der Waals surface area contributed by atoms with Crippen LogP contribution in [0.25, 0.3) is 0 Å². The van der Waals surface area contributed by atoms with E-state index in [0.29, 0.717) is 0 Å². The number of amides is 2. The molecular formula is C27H48N2O. The summed E-state index contributed by atoms with van der Waals surface area (Å²) in [7, 11) is 0. The van der Waals surface area contributed by atoms with Gasteiger partial charge in [0.15, 0.2) is 0 Å². The van der Waals surface area contributed by atoms with Crippen LogP contribution in [0.3, 0.4) is 0 Å². The van der Waals surface area contributed by atoms with Crippen molar-refractivity contribution in [1.29, 1.82) is 0 Å². The molecule has 0 unspecified atom stereocenters. The van der Waals surface area contributed by atoms with Crippen LogP contribution in [-0.4, -0.2) is 12.6 Å². The minimum atomic E-state index is -0.0970. The van der Waals surface area contributed by atoms with E-state index in [-0.39, 0.29) is 6.03 Å². The minimum Gasteiger partial charge on any atom is -0.338 e. The summed E-state index contributed by atoms with van der Waals surface area (Å²) in [6, 6.07) is 7.96. The van der Waals surface area contributed by atoms with E-state index in [2.05, 4.69) is 36.6 Å². The number of benzene rings is 1. The van der Waals surface area contributed by atoms with Crippen molar-refractivity contribution in [2.24, 2.45) is 0 Å². The standard InChI is InChI=1S/C27H48N2O/c1-3-5-6-7-8-9-10-11-12-13-14-15-16-17-18-19-24-28-27(30)29-26-22-20-25(4-2)21-23-26/h20-23H,3-19,24H2,1-2H3,(H2,28,29,30). The fraction of sp³-hybridized carbons (Fsp3) is 0.741. The van der Waals surface area contributed by atoms with Gasteiger partial charge in [0.2, 0.25) is 0 Å². The van der Waals surface area contributed by atoms with E-state index >= 15 is 0 Å². The third-order valence-electron chi connectivity index (χ3n) is 5.94. The summed E-state index contributed by atoms with van der Waals surface area (Å²) >= 11 is 0. The number of anilines is 1. The Hall–Kier alpha value is -1.51. The summed E-state index contributed by atoms with van der Waals surface area (Å²) in [5.74, 6) is 0. The monoisotopic (exact) mass is 416 g/mol. The first-order valence-electron chi connectivity index (χ1n) is 12.9. The number of hydrogen-bond donors (Lipinski definition) is 2. The average Bonchev–Trinajstić information content (AvgIpc) is 2.76. The number of rotatable bonds is 19. The molecule has 0 fully saturated rings. The van der Waals surface area contributed by atoms with Crippen LogP contribution in [-0.2, 0) is 6.42 Å². The van der Waals surface area contributed by atoms with Crippen molar-refractivity contribution in [1.82, 2.24) is 5.32 Å². The Kier molecular flexibility index (Phi) is 17.2. The van der Waals surface area contributed by atoms with Crippen molar-refractivity contribution >= 4 is 11.7 Å². The van der Waals surface area contributed by atoms with Gasteiger partial charge in [-0.1, -0.05) is 122 Å². The maximum Gasteiger partial charge on any atom is 0.319 e. The molecule has 0 radical (unpaired) electrons. The number of hydrogen-bond acceptors (Lipinski definition) is 1. The highest BCUT2D eigenvalue weighted by atomic mass is 16.2. The second-order valence-electron chi connectivity index (χ2n) is 8.73. The quantitative estimate of drug-likeness (QED) is 0.218. The van der Waals surface area contributed by atoms with Gasteiger partial charge in [-0.15, -0.1) is 0 Å². The van der Waals surface area contributed by atoms with E-state index in [4.69, 9.17) is 0 Å². The van der Waals surface area contributed by atoms with Crippen LogP contribution in [0.4, 0.5) is 10.5 Å². The van der Waals surface area contributed by atoms with Gasteiger partial charge in [0.25, 0.3) is 0 Å². The van der Waals surface area contributed by atoms with Crippen LogP contribution in [0.5, 0.6) is 0 Å². The third-order valence-corrected chi connectivity index (χ3v) is 5.94. The number of nitrogens with one attached hydrogen (secondary N) is 2. The maximum atomic E-state index is 11.9. The van der Waals surface area contributed by atoms with Gasteiger partial charge in [0.05, 0.1) is 0 Å². The molecule has 0 saturated heterocycles. The summed E-state index contributed by atoms with van der Waals surface area (Å²) in [6.07, 6.45) is 23.0. The number of carbonyl (C=O) groups is 1. The first kappa shape index (κ1) is 26.5. The Bertz CT molecular complexity index is 512. The van der Waals surface area contributed by atoms with Crippen molar-refractivity contribution in [3.8, 4) is 0 Å². The van der Waals surface area contributed by atoms with Gasteiger partial charge in [-0.2, -0.15) is 0 Å². The summed E-state index contributed by atoms with van der Waals surface area (Å²) in [6.45, 7) is 5.18. The first-order chi connectivity index (χ1) is 14.8. The van der Waals surface area contributed by atoms with Crippen molar-refractivity contribution in [2.75, 3.05) is 11.9 Å². The zero-order chi connectivity index (χ0) is 21.7. The van der Waals surface area contributed by atoms with Gasteiger partial charge < -0.3 is 10.6 Å². The predicted octanol–water partition coefficient (Wildman–Crippen LogP) is 8.63. The van der Waals surface area contributed by atoms with Crippen LogP contribution >= 0.6 is 0 Å². The third kappa shape index (κ3) is 15.3. The van der Waals surface area contributed by atoms with Gasteiger partial charge in [-0.05, 0) is 30.5 Å². The van der Waals surface area contributed by atoms with Gasteiger partial charge in [-0.3, -0.25) is 0 Å². The van der Waals surface area contributed by atoms with Crippen LogP contribution < -0.4 is 10.6 Å². The predicted molar refractivity (Wildman–Crippen MR) is 132 cm³/mol. The highest BCUT2D eigenvalue weighted by Crippen LogP contribution is 2.14. The SMILES string of the molecule is CCCCCCCCCCCCCCCCCCNC(=O)Nc1ccc(CC)cc1. The zero-order valence-electron chi connectivity index (χ0n) is 19.9. The smallest absolute Gasteiger partial charge is 0.319 e. The van der Waals surface area contributed by atoms with Crippen LogP contribution in [0.2, 0.25) is 0 Å². The lowest BCUT2D eigenvalue weighted by molar-refractivity contribution is 0.252. The van der Waals surface area contributed by atoms with E-state index in [9.17, 15) is 4.79 Å². The molecule has 0 bridgehead atoms. The van der Waals surface area contributed by atoms with E-state index in [1.807, 2.05) is 12.1 Å². The zero-order valence-corrected chi connectivity index (χ0v) is 19.9. The highest BCUT2D eigenvalue weighted by Gasteiger charge is 2.01. The van der Waals surface area contributed by atoms with Gasteiger partial charge >= 0.3 is 6.03 Å². The largest absolute Gasteiger partial charge is 0.338 e. The molecule has 0 aromatic heterocycles. The second-order valence-corrected chi connectivity index (χ2v) is 8.73. The van der Waals surface area contributed by atoms with E-state index in [1.54, 1.807) is 0 Å². The summed E-state index contributed by atoms with van der Waals surface area (Å²) in [4.78, 5) is 11.9. The number of urea groups is 1. The van der Waals surface area contributed by atoms with Crippen molar-refractivity contribution < 1.29 is 4.79 Å². The number of carbonyl (C=O) groups excluding carboxylic acids is 1. The molecule has 2 N–H and O–H groups in total. The number of aryl methyl sites for hydroxylation is 1. The molecule has 1 aromatic rings. The molecule has 1 rings (SSSR count). The van der Waals surface area contributed by atoms with Crippen LogP contribution in [0.1, 0.15) is 122 Å². The molecule has 0 saturated carbocycles. The molecule has 172 valence electrons. The molecule has 0 spiro atoms. The van der Waals surface area contributed by atoms with E-state index < -0.39 is 0 Å². The molecular weight excluding hydrogens is 368 g/mol. The summed E-state index contributed by atoms with van der Waals surface area (Å²) in [5, 5.41) is 5.86. The van der Waals surface area contributed by atoms with Crippen LogP contribution in [0, 0.1) is 0 Å². The van der Waals surface area contributed by atoms with Gasteiger partial charge in [-0.25, -0.2) is 4.79 Å². The molecule has 0 aliphatic carbocycles. The normalized spacial score (nSPS) is 10.9. The van der Waals surface area contributed by atoms with Crippen molar-refractivity contribution in [3.05, 3.63) is 29.8 Å². The lowest BCUT2D eigenvalue weighted by atomic mass is 10.0. The average molecular weight is 417 g/mol. The van der Waals surface area contributed by atoms with Crippen molar-refractivity contribution in [3.63, 3.8) is 0 Å². The fourth-order valence-corrected chi connectivity index (χ4v) is 3.87. The highest BCUT2D eigenvalue weighted by molar-refractivity contribution is 5.89. The molecule has 0 heterocycles. The molecule has 0 aliphatic rings. The Morgan fingerprint density at radius 2 is 1.07 bits per heavy atom. The summed E-state index contributed by atoms with van der Waals surface area (Å²) in [5.41, 5.74) is 2.14. The lowest BCUT2D eigenvalue weighted by Crippen LogP contribution is -2.29.